The molecule has 4 aromatic rings. The molecule has 0 bridgehead atoms. The van der Waals surface area contributed by atoms with E-state index in [-0.39, 0.29) is 13.0 Å². The number of fused-ring (bicyclic) bond motifs is 1. The first kappa shape index (κ1) is 25.2. The van der Waals surface area contributed by atoms with Crippen LogP contribution in [0, 0.1) is 0 Å². The number of amides is 1. The second-order valence-electron chi connectivity index (χ2n) is 9.76. The van der Waals surface area contributed by atoms with E-state index in [4.69, 9.17) is 0 Å². The number of nitrogens with zero attached hydrogens (tertiary/aromatic N) is 4. The minimum atomic E-state index is -4.43. The number of halogens is 3. The summed E-state index contributed by atoms with van der Waals surface area (Å²) >= 11 is 0. The van der Waals surface area contributed by atoms with Crippen molar-refractivity contribution < 1.29 is 23.1 Å². The Morgan fingerprint density at radius 2 is 1.72 bits per heavy atom. The third-order valence-corrected chi connectivity index (χ3v) is 6.05. The predicted octanol–water partition coefficient (Wildman–Crippen LogP) is 6.51. The molecule has 0 fully saturated rings. The van der Waals surface area contributed by atoms with Crippen LogP contribution in [0.2, 0.25) is 0 Å². The van der Waals surface area contributed by atoms with Crippen LogP contribution in [-0.2, 0) is 19.1 Å². The van der Waals surface area contributed by atoms with Gasteiger partial charge in [0.25, 0.3) is 0 Å². The molecule has 2 heterocycles. The van der Waals surface area contributed by atoms with Crippen molar-refractivity contribution in [2.24, 2.45) is 0 Å². The van der Waals surface area contributed by atoms with Crippen LogP contribution in [0.25, 0.3) is 21.9 Å². The topological polar surface area (TPSA) is 71.2 Å². The maximum atomic E-state index is 13.0. The summed E-state index contributed by atoms with van der Waals surface area (Å²) in [7, 11) is 0. The molecule has 1 amide bonds. The second-order valence-corrected chi connectivity index (χ2v) is 9.76. The van der Waals surface area contributed by atoms with Crippen LogP contribution >= 0.6 is 0 Å². The highest BCUT2D eigenvalue weighted by atomic mass is 19.4. The molecule has 0 radical (unpaired) electrons. The minimum absolute atomic E-state index is 0.236. The second kappa shape index (κ2) is 9.64. The summed E-state index contributed by atoms with van der Waals surface area (Å²) in [6.07, 6.45) is 1.80. The highest BCUT2D eigenvalue weighted by Crippen LogP contribution is 2.30. The maximum absolute atomic E-state index is 13.0. The average molecular weight is 497 g/mol. The van der Waals surface area contributed by atoms with Gasteiger partial charge in [-0.3, -0.25) is 14.6 Å². The Kier molecular flexibility index (Phi) is 6.75. The molecule has 36 heavy (non-hydrogen) atoms. The maximum Gasteiger partial charge on any atom is 0.416 e. The van der Waals surface area contributed by atoms with Gasteiger partial charge in [-0.2, -0.15) is 18.3 Å². The molecular formula is C27H27F3N4O2. The van der Waals surface area contributed by atoms with Crippen LogP contribution in [0.1, 0.15) is 31.9 Å². The summed E-state index contributed by atoms with van der Waals surface area (Å²) in [5.74, 6) is 0. The van der Waals surface area contributed by atoms with Gasteiger partial charge in [0.15, 0.2) is 0 Å². The van der Waals surface area contributed by atoms with Crippen LogP contribution in [0.3, 0.4) is 0 Å². The van der Waals surface area contributed by atoms with Crippen molar-refractivity contribution in [3.63, 3.8) is 0 Å². The first-order chi connectivity index (χ1) is 16.9. The lowest BCUT2D eigenvalue weighted by molar-refractivity contribution is -0.137. The lowest BCUT2D eigenvalue weighted by atomic mass is 9.97. The number of carboxylic acid groups (broad SMARTS) is 1. The summed E-state index contributed by atoms with van der Waals surface area (Å²) in [6.45, 7) is 5.61. The van der Waals surface area contributed by atoms with E-state index >= 15 is 0 Å². The number of hydrogen-bond acceptors (Lipinski definition) is 3. The molecule has 0 spiro atoms. The Hall–Kier alpha value is -3.88. The molecule has 6 nitrogen and oxygen atoms in total. The van der Waals surface area contributed by atoms with Crippen LogP contribution in [-0.4, -0.2) is 42.4 Å². The van der Waals surface area contributed by atoms with Crippen LogP contribution in [0.5, 0.6) is 0 Å². The Bertz CT molecular complexity index is 1360. The van der Waals surface area contributed by atoms with E-state index in [1.165, 1.54) is 17.0 Å². The number of aromatic nitrogens is 3. The molecule has 0 aliphatic carbocycles. The SMILES string of the molecule is CC(C)(C)N(C(=O)O)[C@@H](Cc1ccc(C(F)(F)F)cc1)Cn1cc(-c2ccc3cnccc3c2)cn1. The van der Waals surface area contributed by atoms with Gasteiger partial charge in [0.1, 0.15) is 0 Å². The van der Waals surface area contributed by atoms with Gasteiger partial charge in [-0.1, -0.05) is 24.3 Å². The van der Waals surface area contributed by atoms with Gasteiger partial charge in [-0.15, -0.1) is 0 Å². The molecule has 0 aliphatic heterocycles. The Labute approximate surface area is 207 Å². The average Bonchev–Trinajstić information content (AvgIpc) is 3.26. The highest BCUT2D eigenvalue weighted by molar-refractivity contribution is 5.86. The fraction of sp³-hybridized carbons (Fsp3) is 0.296. The summed E-state index contributed by atoms with van der Waals surface area (Å²) in [4.78, 5) is 17.7. The lowest BCUT2D eigenvalue weighted by Crippen LogP contribution is -2.53. The van der Waals surface area contributed by atoms with E-state index in [0.717, 1.165) is 34.0 Å². The molecule has 1 N–H and O–H groups in total. The van der Waals surface area contributed by atoms with E-state index in [0.29, 0.717) is 5.56 Å². The van der Waals surface area contributed by atoms with Gasteiger partial charge < -0.3 is 5.11 Å². The number of carbonyl (C=O) groups is 1. The van der Waals surface area contributed by atoms with E-state index in [9.17, 15) is 23.1 Å². The molecular weight excluding hydrogens is 469 g/mol. The van der Waals surface area contributed by atoms with Crippen molar-refractivity contribution in [3.05, 3.63) is 84.4 Å². The number of alkyl halides is 3. The van der Waals surface area contributed by atoms with Gasteiger partial charge in [-0.05, 0) is 68.0 Å². The molecule has 9 heteroatoms. The number of benzene rings is 2. The van der Waals surface area contributed by atoms with Crippen molar-refractivity contribution >= 4 is 16.9 Å². The van der Waals surface area contributed by atoms with E-state index in [1.54, 1.807) is 44.0 Å². The standard InChI is InChI=1S/C27H27F3N4O2/c1-26(2,3)34(25(35)36)24(12-18-4-8-23(9-5-18)27(28,29)30)17-33-16-22(15-32-33)19-6-7-21-14-31-11-10-20(21)13-19/h4-11,13-16,24H,12,17H2,1-3H3,(H,35,36)/t24-/m0/s1. The molecule has 0 saturated heterocycles. The molecule has 2 aromatic heterocycles. The van der Waals surface area contributed by atoms with Crippen molar-refractivity contribution in [1.29, 1.82) is 0 Å². The van der Waals surface area contributed by atoms with E-state index in [1.807, 2.05) is 30.5 Å². The lowest BCUT2D eigenvalue weighted by Gasteiger charge is -2.39. The van der Waals surface area contributed by atoms with Gasteiger partial charge in [-0.25, -0.2) is 4.79 Å². The van der Waals surface area contributed by atoms with Crippen LogP contribution < -0.4 is 0 Å². The number of rotatable bonds is 6. The third-order valence-electron chi connectivity index (χ3n) is 6.05. The first-order valence-corrected chi connectivity index (χ1v) is 11.5. The highest BCUT2D eigenvalue weighted by Gasteiger charge is 2.34. The fourth-order valence-electron chi connectivity index (χ4n) is 4.42. The molecule has 0 unspecified atom stereocenters. The molecule has 0 saturated carbocycles. The van der Waals surface area contributed by atoms with Crippen LogP contribution in [0.15, 0.2) is 73.3 Å². The Morgan fingerprint density at radius 3 is 2.36 bits per heavy atom. The van der Waals surface area contributed by atoms with Crippen molar-refractivity contribution in [2.45, 2.75) is 51.5 Å². The largest absolute Gasteiger partial charge is 0.465 e. The van der Waals surface area contributed by atoms with Gasteiger partial charge in [0, 0.05) is 35.1 Å². The smallest absolute Gasteiger partial charge is 0.416 e. The summed E-state index contributed by atoms with van der Waals surface area (Å²) in [5, 5.41) is 16.5. The van der Waals surface area contributed by atoms with E-state index < -0.39 is 29.4 Å². The zero-order valence-electron chi connectivity index (χ0n) is 20.2. The fourth-order valence-corrected chi connectivity index (χ4v) is 4.42. The minimum Gasteiger partial charge on any atom is -0.465 e. The molecule has 0 aliphatic rings. The normalized spacial score (nSPS) is 13.1. The summed E-state index contributed by atoms with van der Waals surface area (Å²) in [6, 6.07) is 12.2. The zero-order chi connectivity index (χ0) is 26.1. The third kappa shape index (κ3) is 5.67. The monoisotopic (exact) mass is 496 g/mol. The zero-order valence-corrected chi connectivity index (χ0v) is 20.2. The molecule has 4 rings (SSSR count). The summed E-state index contributed by atoms with van der Waals surface area (Å²) in [5.41, 5.74) is 0.977. The Morgan fingerprint density at radius 1 is 1.00 bits per heavy atom. The van der Waals surface area contributed by atoms with Crippen molar-refractivity contribution in [3.8, 4) is 11.1 Å². The number of hydrogen-bond donors (Lipinski definition) is 1. The molecule has 2 aromatic carbocycles. The van der Waals surface area contributed by atoms with Crippen molar-refractivity contribution in [2.75, 3.05) is 0 Å². The first-order valence-electron chi connectivity index (χ1n) is 11.5. The van der Waals surface area contributed by atoms with Gasteiger partial charge in [0.05, 0.1) is 24.3 Å². The molecule has 188 valence electrons. The van der Waals surface area contributed by atoms with Crippen LogP contribution in [0.4, 0.5) is 18.0 Å². The summed E-state index contributed by atoms with van der Waals surface area (Å²) < 4.78 is 40.6. The predicted molar refractivity (Wildman–Crippen MR) is 132 cm³/mol. The quantitative estimate of drug-likeness (QED) is 0.331. The van der Waals surface area contributed by atoms with E-state index in [2.05, 4.69) is 10.1 Å². The number of pyridine rings is 1. The van der Waals surface area contributed by atoms with Gasteiger partial charge >= 0.3 is 12.3 Å². The van der Waals surface area contributed by atoms with Gasteiger partial charge in [0.2, 0.25) is 0 Å². The van der Waals surface area contributed by atoms with Crippen molar-refractivity contribution in [1.82, 2.24) is 19.7 Å². The molecule has 1 atom stereocenters. The Balaban J connectivity index is 1.62.